The molecule has 0 spiro atoms. The molecule has 0 bridgehead atoms. The molecule has 14 atom stereocenters. The van der Waals surface area contributed by atoms with Crippen LogP contribution in [-0.4, -0.2) is 164 Å². The number of allylic oxidation sites excluding steroid dienone is 1. The predicted octanol–water partition coefficient (Wildman–Crippen LogP) is 22.2. The highest BCUT2D eigenvalue weighted by Crippen LogP contribution is 2.43. The molecule has 121 heavy (non-hydrogen) atoms. The number of phosphoric ester groups is 1. The lowest BCUT2D eigenvalue weighted by molar-refractivity contribution is -0.298. The first kappa shape index (κ1) is 114. The second kappa shape index (κ2) is 76.7. The van der Waals surface area contributed by atoms with E-state index in [0.717, 1.165) is 186 Å². The molecule has 0 aliphatic carbocycles. The van der Waals surface area contributed by atoms with E-state index in [2.05, 4.69) is 58.8 Å². The minimum absolute atomic E-state index is 0.122. The molecule has 2 aliphatic heterocycles. The Morgan fingerprint density at radius 1 is 0.372 bits per heavy atom. The third-order valence-electron chi connectivity index (χ3n) is 24.2. The number of hydrogen-bond acceptors (Lipinski definition) is 19. The predicted molar refractivity (Wildman–Crippen MR) is 483 cm³/mol. The van der Waals surface area contributed by atoms with Crippen LogP contribution in [-0.2, 0) is 66.2 Å². The molecule has 2 fully saturated rings. The number of aliphatic hydroxyl groups excluding tert-OH is 5. The van der Waals surface area contributed by atoms with Crippen LogP contribution < -0.4 is 10.6 Å². The van der Waals surface area contributed by atoms with Gasteiger partial charge in [-0.25, -0.2) is 4.57 Å². The van der Waals surface area contributed by atoms with Crippen LogP contribution >= 0.6 is 7.82 Å². The Hall–Kier alpha value is -3.32. The zero-order valence-corrected chi connectivity index (χ0v) is 78.5. The topological polar surface area (TPSA) is 342 Å². The van der Waals surface area contributed by atoms with Crippen molar-refractivity contribution in [3.8, 4) is 0 Å². The summed E-state index contributed by atoms with van der Waals surface area (Å²) in [4.78, 5) is 92.8. The number of amides is 2. The van der Waals surface area contributed by atoms with Crippen LogP contribution in [0.25, 0.3) is 0 Å². The summed E-state index contributed by atoms with van der Waals surface area (Å²) in [5.41, 5.74) is 0. The smallest absolute Gasteiger partial charge is 0.470 e. The Kier molecular flexibility index (Phi) is 72.1. The molecule has 2 rings (SSSR count). The average Bonchev–Trinajstić information content (AvgIpc) is 0.775. The Morgan fingerprint density at radius 3 is 1.10 bits per heavy atom. The number of carbonyl (C=O) groups excluding carboxylic acids is 5. The molecule has 0 radical (unpaired) electrons. The fourth-order valence-corrected chi connectivity index (χ4v) is 17.4. The van der Waals surface area contributed by atoms with Crippen molar-refractivity contribution in [1.82, 2.24) is 10.6 Å². The number of phosphoric acid groups is 1. The SMILES string of the molecule is C=C(CCCCCCCCCCCCCCC)OC(CCCCCCCCCCC)CC(=O)NC1C(O)OC(CO[C@@H]2OC(CO)[C@@H](OP(=O)(O)O)[C@H](OC(=O)CC(CCCCCCCCCCC)OC(=O)CCCCCCCCCCC)C2NC(=O)CC(O)CCCCCCCCCCC)[C@@H](O)[C@@H]1OC(=O)CC(O)CCCCCCCCCCC. The van der Waals surface area contributed by atoms with Gasteiger partial charge in [-0.05, 0) is 51.4 Å². The Morgan fingerprint density at radius 2 is 0.702 bits per heavy atom. The third-order valence-corrected chi connectivity index (χ3v) is 24.8. The molecule has 9 N–H and O–H groups in total. The summed E-state index contributed by atoms with van der Waals surface area (Å²) in [6.07, 6.45) is 44.2. The lowest BCUT2D eigenvalue weighted by atomic mass is 9.95. The van der Waals surface area contributed by atoms with Crippen molar-refractivity contribution < 1.29 is 102 Å². The van der Waals surface area contributed by atoms with Crippen molar-refractivity contribution >= 4 is 37.5 Å². The van der Waals surface area contributed by atoms with E-state index >= 15 is 0 Å². The molecule has 712 valence electrons. The highest BCUT2D eigenvalue weighted by Gasteiger charge is 2.54. The van der Waals surface area contributed by atoms with Gasteiger partial charge in [-0.15, -0.1) is 0 Å². The molecule has 2 heterocycles. The summed E-state index contributed by atoms with van der Waals surface area (Å²) in [7, 11) is -5.58. The summed E-state index contributed by atoms with van der Waals surface area (Å²) < 4.78 is 62.0. The van der Waals surface area contributed by atoms with Crippen molar-refractivity contribution in [3.05, 3.63) is 12.3 Å². The van der Waals surface area contributed by atoms with Gasteiger partial charge in [-0.2, -0.15) is 0 Å². The second-order valence-electron chi connectivity index (χ2n) is 35.8. The monoisotopic (exact) mass is 1740 g/mol. The third kappa shape index (κ3) is 60.9. The Labute approximate surface area is 735 Å². The molecule has 23 nitrogen and oxygen atoms in total. The van der Waals surface area contributed by atoms with Gasteiger partial charge in [0.05, 0.1) is 56.9 Å². The number of ether oxygens (including phenoxy) is 7. The van der Waals surface area contributed by atoms with Crippen LogP contribution in [0, 0.1) is 0 Å². The van der Waals surface area contributed by atoms with E-state index in [0.29, 0.717) is 50.7 Å². The molecule has 0 aromatic rings. The van der Waals surface area contributed by atoms with Gasteiger partial charge in [-0.1, -0.05) is 395 Å². The molecule has 0 saturated carbocycles. The lowest BCUT2D eigenvalue weighted by Crippen LogP contribution is -2.68. The quantitative estimate of drug-likeness (QED) is 0.00898. The summed E-state index contributed by atoms with van der Waals surface area (Å²) in [6.45, 7) is 15.6. The van der Waals surface area contributed by atoms with E-state index in [1.807, 2.05) is 0 Å². The van der Waals surface area contributed by atoms with Gasteiger partial charge in [0.15, 0.2) is 24.8 Å². The first-order chi connectivity index (χ1) is 58.6. The number of aliphatic hydroxyl groups is 5. The van der Waals surface area contributed by atoms with Crippen LogP contribution in [0.15, 0.2) is 12.3 Å². The molecule has 0 aromatic carbocycles. The van der Waals surface area contributed by atoms with Gasteiger partial charge in [0, 0.05) is 12.8 Å². The number of nitrogens with one attached hydrogen (secondary N) is 2. The molecule has 2 amide bonds. The standard InChI is InChI=1S/C97H183N2O21P/c1-8-14-20-26-32-38-39-40-41-47-48-54-60-66-78(7)114-81(69-63-57-51-44-35-29-23-17-11-4)74-86(104)98-90-94(118-88(106)73-80(102)68-62-56-50-43-34-28-22-16-10-3)92(108)84(116-96(90)109)77-113-97-91(99-85(103)72-79(101)67-61-55-49-42-33-27-21-15-9-2)95(93(83(76-100)117-97)120-121(110,111)112)119-89(107)75-82(70-64-58-52-45-36-30-24-18-12-5)115-87(105)71-65-59-53-46-37-31-25-19-13-6/h79-84,90-97,100-102,108-109H,7-77H2,1-6H3,(H,98,104)(H,99,103)(H2,110,111,112)/t79?,80?,81?,82?,83?,84?,90?,91?,92-,93-,94-,95-,96?,97-/m1/s1. The molecule has 0 aromatic heterocycles. The van der Waals surface area contributed by atoms with Crippen molar-refractivity contribution in [1.29, 1.82) is 0 Å². The van der Waals surface area contributed by atoms with E-state index in [1.54, 1.807) is 0 Å². The highest BCUT2D eigenvalue weighted by molar-refractivity contribution is 7.46. The lowest BCUT2D eigenvalue weighted by Gasteiger charge is -2.46. The Balaban J connectivity index is 2.65. The summed E-state index contributed by atoms with van der Waals surface area (Å²) in [6, 6.07) is -3.39. The first-order valence-corrected chi connectivity index (χ1v) is 51.7. The Bertz CT molecular complexity index is 2550. The van der Waals surface area contributed by atoms with Crippen LogP contribution in [0.3, 0.4) is 0 Å². The zero-order valence-electron chi connectivity index (χ0n) is 77.6. The van der Waals surface area contributed by atoms with E-state index in [9.17, 15) is 63.9 Å². The van der Waals surface area contributed by atoms with E-state index in [1.165, 1.54) is 161 Å². The van der Waals surface area contributed by atoms with E-state index in [-0.39, 0.29) is 25.7 Å². The second-order valence-corrected chi connectivity index (χ2v) is 37.0. The maximum absolute atomic E-state index is 14.8. The van der Waals surface area contributed by atoms with Gasteiger partial charge < -0.3 is 79.1 Å². The summed E-state index contributed by atoms with van der Waals surface area (Å²) >= 11 is 0. The molecule has 24 heteroatoms. The van der Waals surface area contributed by atoms with Crippen LogP contribution in [0.4, 0.5) is 0 Å². The normalized spacial score (nSPS) is 20.4. The van der Waals surface area contributed by atoms with Crippen molar-refractivity contribution in [2.75, 3.05) is 13.2 Å². The number of unbranched alkanes of at least 4 members (excludes halogenated alkanes) is 52. The van der Waals surface area contributed by atoms with E-state index in [4.69, 9.17) is 37.7 Å². The summed E-state index contributed by atoms with van der Waals surface area (Å²) in [5, 5.41) is 64.1. The first-order valence-electron chi connectivity index (χ1n) is 50.1. The van der Waals surface area contributed by atoms with Crippen molar-refractivity contribution in [2.45, 2.75) is 564 Å². The fraction of sp³-hybridized carbons (Fsp3) is 0.928. The number of esters is 3. The van der Waals surface area contributed by atoms with Crippen molar-refractivity contribution in [3.63, 3.8) is 0 Å². The number of rotatable bonds is 85. The van der Waals surface area contributed by atoms with Gasteiger partial charge in [0.1, 0.15) is 48.7 Å². The molecular formula is C97H183N2O21P. The molecular weight excluding hydrogens is 1560 g/mol. The average molecular weight is 1740 g/mol. The zero-order chi connectivity index (χ0) is 88.6. The fourth-order valence-electron chi connectivity index (χ4n) is 16.8. The van der Waals surface area contributed by atoms with Gasteiger partial charge >= 0.3 is 25.7 Å². The van der Waals surface area contributed by atoms with Gasteiger partial charge in [0.25, 0.3) is 0 Å². The summed E-state index contributed by atoms with van der Waals surface area (Å²) in [5.74, 6) is -3.32. The minimum Gasteiger partial charge on any atom is -0.495 e. The number of hydrogen-bond donors (Lipinski definition) is 9. The minimum atomic E-state index is -5.58. The van der Waals surface area contributed by atoms with Crippen LogP contribution in [0.1, 0.15) is 478 Å². The maximum Gasteiger partial charge on any atom is 0.470 e. The van der Waals surface area contributed by atoms with Crippen LogP contribution in [0.2, 0.25) is 0 Å². The molecule has 2 aliphatic rings. The molecule has 2 saturated heterocycles. The maximum atomic E-state index is 14.8. The van der Waals surface area contributed by atoms with Gasteiger partial charge in [-0.3, -0.25) is 28.5 Å². The molecule has 9 unspecified atom stereocenters. The van der Waals surface area contributed by atoms with Crippen LogP contribution in [0.5, 0.6) is 0 Å². The highest BCUT2D eigenvalue weighted by atomic mass is 31.2. The van der Waals surface area contributed by atoms with Crippen molar-refractivity contribution in [2.24, 2.45) is 0 Å². The van der Waals surface area contributed by atoms with E-state index < -0.39 is 156 Å². The number of carbonyl (C=O) groups is 5. The van der Waals surface area contributed by atoms with Gasteiger partial charge in [0.2, 0.25) is 11.8 Å². The largest absolute Gasteiger partial charge is 0.495 e.